The van der Waals surface area contributed by atoms with Crippen molar-refractivity contribution in [3.8, 4) is 0 Å². The van der Waals surface area contributed by atoms with E-state index < -0.39 is 0 Å². The van der Waals surface area contributed by atoms with E-state index in [1.54, 1.807) is 0 Å². The van der Waals surface area contributed by atoms with Crippen LogP contribution in [0.2, 0.25) is 0 Å². The van der Waals surface area contributed by atoms with E-state index >= 15 is 0 Å². The minimum absolute atomic E-state index is 0. The molecular weight excluding hydrogens is 393 g/mol. The molecule has 0 N–H and O–H groups in total. The van der Waals surface area contributed by atoms with Gasteiger partial charge in [-0.15, -0.1) is 0 Å². The van der Waals surface area contributed by atoms with E-state index in [-0.39, 0.29) is 26.2 Å². The largest absolute Gasteiger partial charge is 4.00 e. The zero-order valence-electron chi connectivity index (χ0n) is 16.6. The van der Waals surface area contributed by atoms with Crippen LogP contribution in [0.15, 0.2) is 10.6 Å². The van der Waals surface area contributed by atoms with Crippen molar-refractivity contribution in [3.63, 3.8) is 0 Å². The normalized spacial score (nSPS) is 26.2. The first kappa shape index (κ1) is 26.3. The number of allylic oxidation sites excluding steroid dienone is 2. The molecule has 3 aliphatic rings. The Balaban J connectivity index is 0.000000460. The Morgan fingerprint density at radius 2 is 1.46 bits per heavy atom. The van der Waals surface area contributed by atoms with Crippen molar-refractivity contribution in [3.05, 3.63) is 75.9 Å². The fraction of sp³-hybridized carbons (Fsp3) is 0.458. The molecule has 3 aliphatic carbocycles. The van der Waals surface area contributed by atoms with E-state index in [4.69, 9.17) is 0 Å². The number of rotatable bonds is 5. The molecule has 1 nitrogen and oxygen atoms in total. The van der Waals surface area contributed by atoms with Crippen LogP contribution in [-0.2, 0) is 26.2 Å². The summed E-state index contributed by atoms with van der Waals surface area (Å²) in [5.41, 5.74) is 1.50. The molecule has 26 heavy (non-hydrogen) atoms. The maximum atomic E-state index is 4.34. The van der Waals surface area contributed by atoms with E-state index in [1.165, 1.54) is 31.3 Å². The maximum absolute atomic E-state index is 4.34. The number of unbranched alkanes of at least 4 members (excludes halogenated alkanes) is 1. The van der Waals surface area contributed by atoms with Gasteiger partial charge in [0.2, 0.25) is 0 Å². The SMILES string of the molecule is C[C-]=C1CC[C@H](C)[C@H]1C[C-]=NCCCC.[CH]1[CH][CH][CH][CH]1.[CH]1[CH][CH][CH][CH]1.[Zr+4]. The quantitative estimate of drug-likeness (QED) is 0.292. The number of nitrogens with zero attached hydrogens (tertiary/aromatic N) is 1. The Morgan fingerprint density at radius 1 is 0.962 bits per heavy atom. The molecule has 136 valence electrons. The summed E-state index contributed by atoms with van der Waals surface area (Å²) in [6, 6.07) is 0. The van der Waals surface area contributed by atoms with Crippen molar-refractivity contribution < 1.29 is 26.2 Å². The molecule has 0 aromatic heterocycles. The van der Waals surface area contributed by atoms with E-state index in [0.717, 1.165) is 18.9 Å². The average Bonchev–Trinajstić information content (AvgIpc) is 3.41. The topological polar surface area (TPSA) is 12.4 Å². The van der Waals surface area contributed by atoms with Gasteiger partial charge in [-0.05, 0) is 89.5 Å². The number of hydrogen-bond acceptors (Lipinski definition) is 1. The predicted molar refractivity (Wildman–Crippen MR) is 109 cm³/mol. The molecule has 0 aromatic rings. The Hall–Kier alpha value is 0.293. The predicted octanol–water partition coefficient (Wildman–Crippen LogP) is 5.96. The molecule has 0 spiro atoms. The molecular formula is C24H33NZr+2. The zero-order chi connectivity index (χ0) is 18.2. The Bertz CT molecular complexity index is 328. The van der Waals surface area contributed by atoms with Crippen molar-refractivity contribution in [2.45, 2.75) is 52.9 Å². The van der Waals surface area contributed by atoms with Gasteiger partial charge in [0.05, 0.1) is 0 Å². The van der Waals surface area contributed by atoms with Gasteiger partial charge in [-0.1, -0.05) is 32.6 Å². The van der Waals surface area contributed by atoms with Crippen molar-refractivity contribution in [2.75, 3.05) is 6.54 Å². The summed E-state index contributed by atoms with van der Waals surface area (Å²) in [6.07, 6.45) is 32.5. The van der Waals surface area contributed by atoms with Gasteiger partial charge in [-0.25, -0.2) is 0 Å². The average molecular weight is 427 g/mol. The van der Waals surface area contributed by atoms with Crippen molar-refractivity contribution in [2.24, 2.45) is 16.8 Å². The Kier molecular flexibility index (Phi) is 18.9. The summed E-state index contributed by atoms with van der Waals surface area (Å²) in [6.45, 7) is 7.52. The molecule has 2 heteroatoms. The van der Waals surface area contributed by atoms with Crippen LogP contribution in [-0.4, -0.2) is 12.8 Å². The van der Waals surface area contributed by atoms with Gasteiger partial charge >= 0.3 is 26.2 Å². The minimum Gasteiger partial charge on any atom is -0.503 e. The fourth-order valence-electron chi connectivity index (χ4n) is 2.87. The third kappa shape index (κ3) is 12.6. The Morgan fingerprint density at radius 3 is 1.88 bits per heavy atom. The van der Waals surface area contributed by atoms with E-state index in [2.05, 4.69) is 31.1 Å². The van der Waals surface area contributed by atoms with Crippen LogP contribution < -0.4 is 0 Å². The molecule has 0 saturated heterocycles. The molecule has 3 rings (SSSR count). The molecule has 0 heterocycles. The van der Waals surface area contributed by atoms with Crippen LogP contribution in [0.3, 0.4) is 0 Å². The summed E-state index contributed by atoms with van der Waals surface area (Å²) in [5, 5.41) is 0. The first-order valence-electron chi connectivity index (χ1n) is 9.55. The van der Waals surface area contributed by atoms with Gasteiger partial charge in [-0.2, -0.15) is 13.3 Å². The Labute approximate surface area is 184 Å². The summed E-state index contributed by atoms with van der Waals surface area (Å²) in [7, 11) is 0. The van der Waals surface area contributed by atoms with Gasteiger partial charge < -0.3 is 17.3 Å². The zero-order valence-corrected chi connectivity index (χ0v) is 19.1. The molecule has 0 bridgehead atoms. The number of hydrogen-bond donors (Lipinski definition) is 0. The van der Waals surface area contributed by atoms with Gasteiger partial charge in [0.15, 0.2) is 0 Å². The van der Waals surface area contributed by atoms with Crippen LogP contribution >= 0.6 is 0 Å². The second-order valence-corrected chi connectivity index (χ2v) is 6.42. The standard InChI is InChI=1S/C14H23N.2C5H5.Zr/c1-4-6-10-15-11-9-14-12(3)7-8-13(14)5-2;2*1-2-4-5-3-1;/h12,14H,4,6-10H2,1-3H3;2*1-5H;/q-2;;;+4/t12-,14+;;;/m0.../s1. The van der Waals surface area contributed by atoms with Crippen molar-refractivity contribution >= 4 is 6.21 Å². The molecule has 0 amide bonds. The molecule has 3 fully saturated rings. The van der Waals surface area contributed by atoms with E-state index in [1.807, 2.05) is 71.1 Å². The van der Waals surface area contributed by atoms with Crippen LogP contribution in [0.1, 0.15) is 52.9 Å². The first-order chi connectivity index (χ1) is 12.3. The van der Waals surface area contributed by atoms with Crippen LogP contribution in [0.5, 0.6) is 0 Å². The molecule has 10 radical (unpaired) electrons. The van der Waals surface area contributed by atoms with Crippen LogP contribution in [0, 0.1) is 82.1 Å². The first-order valence-corrected chi connectivity index (χ1v) is 9.55. The fourth-order valence-corrected chi connectivity index (χ4v) is 2.87. The third-order valence-electron chi connectivity index (χ3n) is 4.48. The third-order valence-corrected chi connectivity index (χ3v) is 4.48. The van der Waals surface area contributed by atoms with Gasteiger partial charge in [0, 0.05) is 0 Å². The second kappa shape index (κ2) is 18.6. The summed E-state index contributed by atoms with van der Waals surface area (Å²) >= 11 is 0. The van der Waals surface area contributed by atoms with Gasteiger partial charge in [-0.3, -0.25) is 5.57 Å². The summed E-state index contributed by atoms with van der Waals surface area (Å²) in [4.78, 5) is 4.34. The van der Waals surface area contributed by atoms with E-state index in [0.29, 0.717) is 5.92 Å². The summed E-state index contributed by atoms with van der Waals surface area (Å²) in [5.74, 6) is 1.46. The second-order valence-electron chi connectivity index (χ2n) is 6.42. The minimum atomic E-state index is 0. The van der Waals surface area contributed by atoms with Gasteiger partial charge in [0.25, 0.3) is 0 Å². The maximum Gasteiger partial charge on any atom is 4.00 e. The number of aliphatic imine (C=N–C) groups is 1. The molecule has 0 aliphatic heterocycles. The van der Waals surface area contributed by atoms with Crippen LogP contribution in [0.25, 0.3) is 0 Å². The van der Waals surface area contributed by atoms with Crippen LogP contribution in [0.4, 0.5) is 0 Å². The molecule has 2 atom stereocenters. The smallest absolute Gasteiger partial charge is 0.503 e. The van der Waals surface area contributed by atoms with Crippen molar-refractivity contribution in [1.29, 1.82) is 0 Å². The van der Waals surface area contributed by atoms with E-state index in [9.17, 15) is 0 Å². The van der Waals surface area contributed by atoms with Crippen molar-refractivity contribution in [1.82, 2.24) is 0 Å². The summed E-state index contributed by atoms with van der Waals surface area (Å²) < 4.78 is 0. The molecule has 0 aromatic carbocycles. The monoisotopic (exact) mass is 425 g/mol. The van der Waals surface area contributed by atoms with Gasteiger partial charge in [0.1, 0.15) is 0 Å². The molecule has 0 unspecified atom stereocenters. The molecule has 3 saturated carbocycles.